The molecule has 0 radical (unpaired) electrons. The standard InChI is InChI=1S/C18H18BrClF4N4O2/c1-17(2,3)30-16(29)28-6-4-27(5-7-28)14-9-8-10(18(22,23)24)11(19)12(21)13(9)25-15(20)26-14/h8H,4-7H2,1-3H3. The van der Waals surface area contributed by atoms with E-state index in [9.17, 15) is 22.4 Å². The van der Waals surface area contributed by atoms with Crippen LogP contribution in [0.15, 0.2) is 10.5 Å². The molecule has 2 aromatic rings. The molecule has 1 aliphatic rings. The van der Waals surface area contributed by atoms with Gasteiger partial charge in [0, 0.05) is 31.6 Å². The molecular formula is C18H18BrClF4N4O2. The van der Waals surface area contributed by atoms with Crippen molar-refractivity contribution in [1.29, 1.82) is 0 Å². The van der Waals surface area contributed by atoms with Gasteiger partial charge in [-0.15, -0.1) is 0 Å². The molecule has 1 aromatic heterocycles. The van der Waals surface area contributed by atoms with Gasteiger partial charge in [0.05, 0.1) is 10.0 Å². The van der Waals surface area contributed by atoms with Gasteiger partial charge in [0.2, 0.25) is 5.28 Å². The highest BCUT2D eigenvalue weighted by molar-refractivity contribution is 9.10. The maximum atomic E-state index is 14.7. The van der Waals surface area contributed by atoms with E-state index in [2.05, 4.69) is 25.9 Å². The smallest absolute Gasteiger partial charge is 0.417 e. The largest absolute Gasteiger partial charge is 0.444 e. The predicted octanol–water partition coefficient (Wildman–Crippen LogP) is 5.26. The molecule has 1 fully saturated rings. The van der Waals surface area contributed by atoms with E-state index in [1.54, 1.807) is 25.7 Å². The third-order valence-corrected chi connectivity index (χ3v) is 5.30. The van der Waals surface area contributed by atoms with Crippen LogP contribution >= 0.6 is 27.5 Å². The molecule has 0 N–H and O–H groups in total. The summed E-state index contributed by atoms with van der Waals surface area (Å²) in [5.41, 5.74) is -2.14. The van der Waals surface area contributed by atoms with E-state index >= 15 is 0 Å². The van der Waals surface area contributed by atoms with Gasteiger partial charge < -0.3 is 14.5 Å². The molecule has 30 heavy (non-hydrogen) atoms. The van der Waals surface area contributed by atoms with Crippen LogP contribution in [0.25, 0.3) is 10.9 Å². The van der Waals surface area contributed by atoms with Crippen LogP contribution in [0.4, 0.5) is 28.2 Å². The molecule has 1 saturated heterocycles. The molecule has 6 nitrogen and oxygen atoms in total. The second kappa shape index (κ2) is 7.99. The number of carbonyl (C=O) groups is 1. The van der Waals surface area contributed by atoms with Gasteiger partial charge in [-0.2, -0.15) is 18.2 Å². The topological polar surface area (TPSA) is 58.6 Å². The summed E-state index contributed by atoms with van der Waals surface area (Å²) in [6.45, 7) is 6.26. The fourth-order valence-electron chi connectivity index (χ4n) is 3.04. The quantitative estimate of drug-likeness (QED) is 0.385. The van der Waals surface area contributed by atoms with Crippen LogP contribution in [0.1, 0.15) is 26.3 Å². The number of ether oxygens (including phenoxy) is 1. The second-order valence-electron chi connectivity index (χ2n) is 7.72. The Kier molecular flexibility index (Phi) is 6.07. The molecule has 0 atom stereocenters. The van der Waals surface area contributed by atoms with Gasteiger partial charge >= 0.3 is 12.3 Å². The number of amides is 1. The fraction of sp³-hybridized carbons (Fsp3) is 0.500. The molecule has 0 aliphatic carbocycles. The SMILES string of the molecule is CC(C)(C)OC(=O)N1CCN(c2nc(Cl)nc3c(F)c(Br)c(C(F)(F)F)cc23)CC1. The number of aromatic nitrogens is 2. The van der Waals surface area contributed by atoms with Crippen LogP contribution in [0.3, 0.4) is 0 Å². The van der Waals surface area contributed by atoms with Crippen LogP contribution in [0.5, 0.6) is 0 Å². The maximum absolute atomic E-state index is 14.7. The lowest BCUT2D eigenvalue weighted by Crippen LogP contribution is -2.50. The molecule has 12 heteroatoms. The number of anilines is 1. The molecule has 164 valence electrons. The van der Waals surface area contributed by atoms with Crippen molar-refractivity contribution in [1.82, 2.24) is 14.9 Å². The van der Waals surface area contributed by atoms with Crippen molar-refractivity contribution in [2.24, 2.45) is 0 Å². The summed E-state index contributed by atoms with van der Waals surface area (Å²) < 4.78 is 59.3. The molecule has 1 aromatic carbocycles. The van der Waals surface area contributed by atoms with Gasteiger partial charge in [-0.25, -0.2) is 14.2 Å². The molecular weight excluding hydrogens is 496 g/mol. The third kappa shape index (κ3) is 4.72. The van der Waals surface area contributed by atoms with Crippen LogP contribution in [0, 0.1) is 5.82 Å². The van der Waals surface area contributed by atoms with Crippen molar-refractivity contribution >= 4 is 50.3 Å². The summed E-state index contributed by atoms with van der Waals surface area (Å²) in [5.74, 6) is -1.09. The van der Waals surface area contributed by atoms with Gasteiger partial charge in [-0.1, -0.05) is 0 Å². The number of benzene rings is 1. The van der Waals surface area contributed by atoms with Gasteiger partial charge in [-0.3, -0.25) is 0 Å². The van der Waals surface area contributed by atoms with Crippen LogP contribution in [-0.2, 0) is 10.9 Å². The lowest BCUT2D eigenvalue weighted by Gasteiger charge is -2.36. The van der Waals surface area contributed by atoms with E-state index in [4.69, 9.17) is 16.3 Å². The minimum atomic E-state index is -4.78. The Balaban J connectivity index is 1.95. The van der Waals surface area contributed by atoms with Gasteiger partial charge in [0.1, 0.15) is 16.9 Å². The highest BCUT2D eigenvalue weighted by atomic mass is 79.9. The average molecular weight is 514 g/mol. The molecule has 3 rings (SSSR count). The first-order valence-electron chi connectivity index (χ1n) is 8.93. The van der Waals surface area contributed by atoms with Crippen molar-refractivity contribution in [2.75, 3.05) is 31.1 Å². The normalized spacial score (nSPS) is 15.6. The molecule has 2 heterocycles. The number of carbonyl (C=O) groups excluding carboxylic acids is 1. The Labute approximate surface area is 183 Å². The molecule has 0 saturated carbocycles. The zero-order valence-corrected chi connectivity index (χ0v) is 18.6. The molecule has 1 amide bonds. The summed E-state index contributed by atoms with van der Waals surface area (Å²) in [6, 6.07) is 0.800. The van der Waals surface area contributed by atoms with E-state index in [0.29, 0.717) is 0 Å². The van der Waals surface area contributed by atoms with E-state index in [1.165, 1.54) is 4.90 Å². The van der Waals surface area contributed by atoms with Crippen LogP contribution in [-0.4, -0.2) is 52.7 Å². The molecule has 0 bridgehead atoms. The summed E-state index contributed by atoms with van der Waals surface area (Å²) >= 11 is 8.57. The Bertz CT molecular complexity index is 989. The first kappa shape index (κ1) is 22.8. The summed E-state index contributed by atoms with van der Waals surface area (Å²) in [7, 11) is 0. The Morgan fingerprint density at radius 2 is 1.77 bits per heavy atom. The number of rotatable bonds is 1. The number of alkyl halides is 3. The highest BCUT2D eigenvalue weighted by Crippen LogP contribution is 2.41. The van der Waals surface area contributed by atoms with Crippen LogP contribution in [0.2, 0.25) is 5.28 Å². The average Bonchev–Trinajstić information content (AvgIpc) is 2.62. The molecule has 0 unspecified atom stereocenters. The maximum Gasteiger partial charge on any atom is 0.417 e. The van der Waals surface area contributed by atoms with Crippen molar-refractivity contribution in [3.05, 3.63) is 27.2 Å². The van der Waals surface area contributed by atoms with E-state index in [-0.39, 0.29) is 48.2 Å². The van der Waals surface area contributed by atoms with Gasteiger partial charge in [-0.05, 0) is 54.4 Å². The number of fused-ring (bicyclic) bond motifs is 1. The fourth-order valence-corrected chi connectivity index (χ4v) is 3.73. The van der Waals surface area contributed by atoms with Gasteiger partial charge in [0.15, 0.2) is 5.82 Å². The van der Waals surface area contributed by atoms with E-state index < -0.39 is 33.7 Å². The van der Waals surface area contributed by atoms with Crippen molar-refractivity contribution < 1.29 is 27.1 Å². The van der Waals surface area contributed by atoms with E-state index in [0.717, 1.165) is 6.07 Å². The van der Waals surface area contributed by atoms with Crippen LogP contribution < -0.4 is 4.90 Å². The lowest BCUT2D eigenvalue weighted by atomic mass is 10.1. The van der Waals surface area contributed by atoms with Crippen molar-refractivity contribution in [2.45, 2.75) is 32.5 Å². The van der Waals surface area contributed by atoms with Crippen molar-refractivity contribution in [3.8, 4) is 0 Å². The minimum Gasteiger partial charge on any atom is -0.444 e. The zero-order valence-electron chi connectivity index (χ0n) is 16.3. The Morgan fingerprint density at radius 3 is 2.30 bits per heavy atom. The summed E-state index contributed by atoms with van der Waals surface area (Å²) in [6.07, 6.45) is -5.26. The molecule has 1 aliphatic heterocycles. The van der Waals surface area contributed by atoms with E-state index in [1.807, 2.05) is 0 Å². The highest BCUT2D eigenvalue weighted by Gasteiger charge is 2.36. The zero-order chi connectivity index (χ0) is 22.4. The number of halogens is 6. The molecule has 0 spiro atoms. The first-order chi connectivity index (χ1) is 13.8. The Hall–Kier alpha value is -1.88. The lowest BCUT2D eigenvalue weighted by molar-refractivity contribution is -0.138. The number of nitrogens with zero attached hydrogens (tertiary/aromatic N) is 4. The minimum absolute atomic E-state index is 0.0748. The number of piperazine rings is 1. The Morgan fingerprint density at radius 1 is 1.17 bits per heavy atom. The van der Waals surface area contributed by atoms with Crippen molar-refractivity contribution in [3.63, 3.8) is 0 Å². The first-order valence-corrected chi connectivity index (χ1v) is 10.1. The number of hydrogen-bond donors (Lipinski definition) is 0. The second-order valence-corrected chi connectivity index (χ2v) is 8.85. The third-order valence-electron chi connectivity index (χ3n) is 4.36. The summed E-state index contributed by atoms with van der Waals surface area (Å²) in [4.78, 5) is 23.2. The number of hydrogen-bond acceptors (Lipinski definition) is 5. The summed E-state index contributed by atoms with van der Waals surface area (Å²) in [5, 5.41) is -0.407. The predicted molar refractivity (Wildman–Crippen MR) is 107 cm³/mol. The monoisotopic (exact) mass is 512 g/mol. The van der Waals surface area contributed by atoms with Gasteiger partial charge in [0.25, 0.3) is 0 Å².